The van der Waals surface area contributed by atoms with E-state index < -0.39 is 0 Å². The largest absolute Gasteiger partial charge is 0.369 e. The van der Waals surface area contributed by atoms with E-state index in [1.54, 1.807) is 0 Å². The lowest BCUT2D eigenvalue weighted by atomic mass is 10.0. The predicted octanol–water partition coefficient (Wildman–Crippen LogP) is 2.11. The van der Waals surface area contributed by atoms with Crippen molar-refractivity contribution in [1.82, 2.24) is 10.2 Å². The van der Waals surface area contributed by atoms with E-state index in [9.17, 15) is 4.79 Å². The molecule has 4 nitrogen and oxygen atoms in total. The van der Waals surface area contributed by atoms with Gasteiger partial charge in [-0.2, -0.15) is 0 Å². The summed E-state index contributed by atoms with van der Waals surface area (Å²) in [4.78, 5) is 16.5. The Bertz CT molecular complexity index is 447. The number of para-hydroxylation sites is 1. The van der Waals surface area contributed by atoms with E-state index in [1.165, 1.54) is 5.69 Å². The molecule has 0 saturated carbocycles. The van der Waals surface area contributed by atoms with Crippen molar-refractivity contribution in [3.8, 4) is 0 Å². The van der Waals surface area contributed by atoms with E-state index in [2.05, 4.69) is 53.2 Å². The molecule has 2 rings (SSSR count). The zero-order chi connectivity index (χ0) is 15.2. The fourth-order valence-electron chi connectivity index (χ4n) is 2.65. The van der Waals surface area contributed by atoms with Crippen LogP contribution in [0.25, 0.3) is 0 Å². The van der Waals surface area contributed by atoms with Crippen LogP contribution in [0, 0.1) is 0 Å². The van der Waals surface area contributed by atoms with Crippen LogP contribution in [0.3, 0.4) is 0 Å². The molecule has 0 spiro atoms. The summed E-state index contributed by atoms with van der Waals surface area (Å²) in [5.41, 5.74) is 1.25. The molecule has 1 aliphatic rings. The molecule has 4 heteroatoms. The van der Waals surface area contributed by atoms with Crippen LogP contribution in [0.1, 0.15) is 26.7 Å². The van der Waals surface area contributed by atoms with Gasteiger partial charge in [0.05, 0.1) is 6.54 Å². The van der Waals surface area contributed by atoms with E-state index in [-0.39, 0.29) is 11.9 Å². The lowest BCUT2D eigenvalue weighted by molar-refractivity contribution is -0.123. The first-order valence-electron chi connectivity index (χ1n) is 7.86. The first-order chi connectivity index (χ1) is 10.1. The molecular formula is C17H27N3O. The molecule has 1 aliphatic heterocycles. The Morgan fingerprint density at radius 1 is 1.38 bits per heavy atom. The van der Waals surface area contributed by atoms with Crippen LogP contribution in [-0.4, -0.2) is 49.6 Å². The maximum atomic E-state index is 12.1. The van der Waals surface area contributed by atoms with E-state index in [0.29, 0.717) is 12.6 Å². The Balaban J connectivity index is 1.85. The highest BCUT2D eigenvalue weighted by molar-refractivity contribution is 5.78. The van der Waals surface area contributed by atoms with Crippen molar-refractivity contribution >= 4 is 11.6 Å². The number of carbonyl (C=O) groups excluding carboxylic acids is 1. The summed E-state index contributed by atoms with van der Waals surface area (Å²) in [7, 11) is 1.99. The zero-order valence-electron chi connectivity index (χ0n) is 13.4. The number of piperidine rings is 1. The van der Waals surface area contributed by atoms with E-state index in [1.807, 2.05) is 13.1 Å². The molecule has 0 aromatic heterocycles. The van der Waals surface area contributed by atoms with Crippen LogP contribution in [0.2, 0.25) is 0 Å². The van der Waals surface area contributed by atoms with Crippen LogP contribution in [-0.2, 0) is 4.79 Å². The van der Waals surface area contributed by atoms with Crippen molar-refractivity contribution in [2.75, 3.05) is 31.6 Å². The van der Waals surface area contributed by atoms with Crippen molar-refractivity contribution in [2.45, 2.75) is 38.8 Å². The maximum Gasteiger partial charge on any atom is 0.234 e. The quantitative estimate of drug-likeness (QED) is 0.902. The average molecular weight is 289 g/mol. The van der Waals surface area contributed by atoms with Crippen LogP contribution in [0.15, 0.2) is 30.3 Å². The molecule has 21 heavy (non-hydrogen) atoms. The van der Waals surface area contributed by atoms with Gasteiger partial charge in [0.1, 0.15) is 0 Å². The highest BCUT2D eigenvalue weighted by atomic mass is 16.2. The van der Waals surface area contributed by atoms with Gasteiger partial charge in [0.25, 0.3) is 0 Å². The molecule has 1 heterocycles. The van der Waals surface area contributed by atoms with Crippen LogP contribution >= 0.6 is 0 Å². The molecule has 1 N–H and O–H groups in total. The molecule has 116 valence electrons. The monoisotopic (exact) mass is 289 g/mol. The van der Waals surface area contributed by atoms with Gasteiger partial charge < -0.3 is 10.2 Å². The lowest BCUT2D eigenvalue weighted by Gasteiger charge is -2.35. The summed E-state index contributed by atoms with van der Waals surface area (Å²) in [6.45, 7) is 6.65. The van der Waals surface area contributed by atoms with Gasteiger partial charge in [-0.3, -0.25) is 9.69 Å². The predicted molar refractivity (Wildman–Crippen MR) is 87.6 cm³/mol. The number of benzene rings is 1. The first-order valence-corrected chi connectivity index (χ1v) is 7.86. The summed E-state index contributed by atoms with van der Waals surface area (Å²) in [5.74, 6) is 0.131. The van der Waals surface area contributed by atoms with Crippen molar-refractivity contribution in [3.63, 3.8) is 0 Å². The molecule has 1 aromatic carbocycles. The lowest BCUT2D eigenvalue weighted by Crippen LogP contribution is -2.50. The second-order valence-electron chi connectivity index (χ2n) is 6.20. The van der Waals surface area contributed by atoms with E-state index >= 15 is 0 Å². The molecule has 1 amide bonds. The molecule has 1 fully saturated rings. The molecule has 0 radical (unpaired) electrons. The van der Waals surface area contributed by atoms with Crippen LogP contribution in [0.4, 0.5) is 5.69 Å². The van der Waals surface area contributed by atoms with E-state index in [0.717, 1.165) is 25.9 Å². The maximum absolute atomic E-state index is 12.1. The van der Waals surface area contributed by atoms with Crippen molar-refractivity contribution in [1.29, 1.82) is 0 Å². The minimum atomic E-state index is 0.131. The first kappa shape index (κ1) is 15.8. The minimum absolute atomic E-state index is 0.131. The number of rotatable bonds is 5. The number of anilines is 1. The van der Waals surface area contributed by atoms with Gasteiger partial charge in [-0.15, -0.1) is 0 Å². The van der Waals surface area contributed by atoms with Gasteiger partial charge in [0.15, 0.2) is 0 Å². The van der Waals surface area contributed by atoms with Gasteiger partial charge in [0.2, 0.25) is 5.91 Å². The standard InChI is InChI=1S/C17H27N3O/c1-14(2)19(3)13-17(21)18-15-8-7-11-20(12-15)16-9-5-4-6-10-16/h4-6,9-10,14-15H,7-8,11-13H2,1-3H3,(H,18,21). The Kier molecular flexibility index (Phi) is 5.62. The van der Waals surface area contributed by atoms with Gasteiger partial charge >= 0.3 is 0 Å². The fourth-order valence-corrected chi connectivity index (χ4v) is 2.65. The molecule has 0 aliphatic carbocycles. The molecular weight excluding hydrogens is 262 g/mol. The molecule has 0 bridgehead atoms. The number of likely N-dealkylation sites (N-methyl/N-ethyl adjacent to an activating group) is 1. The zero-order valence-corrected chi connectivity index (χ0v) is 13.4. The third-order valence-corrected chi connectivity index (χ3v) is 4.18. The highest BCUT2D eigenvalue weighted by Gasteiger charge is 2.22. The Labute approximate surface area is 128 Å². The number of amides is 1. The van der Waals surface area contributed by atoms with Crippen molar-refractivity contribution < 1.29 is 4.79 Å². The molecule has 1 aromatic rings. The summed E-state index contributed by atoms with van der Waals surface area (Å²) in [6, 6.07) is 11.1. The molecule has 1 atom stereocenters. The van der Waals surface area contributed by atoms with Gasteiger partial charge in [0, 0.05) is 30.9 Å². The summed E-state index contributed by atoms with van der Waals surface area (Å²) >= 11 is 0. The second-order valence-corrected chi connectivity index (χ2v) is 6.20. The van der Waals surface area contributed by atoms with Gasteiger partial charge in [-0.1, -0.05) is 18.2 Å². The summed E-state index contributed by atoms with van der Waals surface area (Å²) in [5, 5.41) is 3.18. The number of hydrogen-bond donors (Lipinski definition) is 1. The van der Waals surface area contributed by atoms with Crippen molar-refractivity contribution in [2.24, 2.45) is 0 Å². The molecule has 1 saturated heterocycles. The summed E-state index contributed by atoms with van der Waals surface area (Å²) in [6.07, 6.45) is 2.19. The Morgan fingerprint density at radius 3 is 2.76 bits per heavy atom. The Hall–Kier alpha value is -1.55. The summed E-state index contributed by atoms with van der Waals surface area (Å²) < 4.78 is 0. The number of nitrogens with zero attached hydrogens (tertiary/aromatic N) is 2. The fraction of sp³-hybridized carbons (Fsp3) is 0.588. The topological polar surface area (TPSA) is 35.6 Å². The minimum Gasteiger partial charge on any atom is -0.369 e. The normalized spacial score (nSPS) is 19.1. The smallest absolute Gasteiger partial charge is 0.234 e. The van der Waals surface area contributed by atoms with Gasteiger partial charge in [-0.05, 0) is 45.9 Å². The van der Waals surface area contributed by atoms with E-state index in [4.69, 9.17) is 0 Å². The third kappa shape index (κ3) is 4.74. The highest BCUT2D eigenvalue weighted by Crippen LogP contribution is 2.19. The molecule has 1 unspecified atom stereocenters. The second kappa shape index (κ2) is 7.46. The number of nitrogens with one attached hydrogen (secondary N) is 1. The third-order valence-electron chi connectivity index (χ3n) is 4.18. The van der Waals surface area contributed by atoms with Gasteiger partial charge in [-0.25, -0.2) is 0 Å². The number of hydrogen-bond acceptors (Lipinski definition) is 3. The average Bonchev–Trinajstić information content (AvgIpc) is 2.48. The van der Waals surface area contributed by atoms with Crippen LogP contribution < -0.4 is 10.2 Å². The Morgan fingerprint density at radius 2 is 2.10 bits per heavy atom. The van der Waals surface area contributed by atoms with Crippen LogP contribution in [0.5, 0.6) is 0 Å². The van der Waals surface area contributed by atoms with Crippen molar-refractivity contribution in [3.05, 3.63) is 30.3 Å². The number of carbonyl (C=O) groups is 1. The SMILES string of the molecule is CC(C)N(C)CC(=O)NC1CCCN(c2ccccc2)C1.